The Labute approximate surface area is 170 Å². The number of anilines is 2. The van der Waals surface area contributed by atoms with Crippen molar-refractivity contribution in [3.63, 3.8) is 0 Å². The molecule has 3 aromatic rings. The molecule has 0 amide bonds. The number of rotatable bonds is 10. The highest BCUT2D eigenvalue weighted by atomic mass is 19.1. The van der Waals surface area contributed by atoms with Gasteiger partial charge in [0.15, 0.2) is 11.5 Å². The number of aromatic nitrogens is 2. The normalized spacial score (nSPS) is 10.4. The molecule has 152 valence electrons. The highest BCUT2D eigenvalue weighted by Gasteiger charge is 2.05. The van der Waals surface area contributed by atoms with Gasteiger partial charge in [-0.25, -0.2) is 9.37 Å². The van der Waals surface area contributed by atoms with Crippen molar-refractivity contribution in [2.45, 2.75) is 12.8 Å². The van der Waals surface area contributed by atoms with E-state index >= 15 is 0 Å². The van der Waals surface area contributed by atoms with Crippen molar-refractivity contribution in [2.75, 3.05) is 37.9 Å². The molecule has 0 aliphatic heterocycles. The van der Waals surface area contributed by atoms with Gasteiger partial charge in [-0.15, -0.1) is 0 Å². The van der Waals surface area contributed by atoms with Crippen LogP contribution < -0.4 is 20.1 Å². The van der Waals surface area contributed by atoms with E-state index in [1.807, 2.05) is 24.3 Å². The van der Waals surface area contributed by atoms with Crippen molar-refractivity contribution >= 4 is 11.8 Å². The smallest absolute Gasteiger partial charge is 0.224 e. The number of hydrogen-bond acceptors (Lipinski definition) is 6. The van der Waals surface area contributed by atoms with Crippen molar-refractivity contribution in [3.05, 3.63) is 71.7 Å². The number of methoxy groups -OCH3 is 2. The molecule has 0 bridgehead atoms. The number of hydrogen-bond donors (Lipinski definition) is 2. The highest BCUT2D eigenvalue weighted by molar-refractivity contribution is 5.44. The predicted octanol–water partition coefficient (Wildman–Crippen LogP) is 3.94. The first-order valence-electron chi connectivity index (χ1n) is 9.44. The minimum Gasteiger partial charge on any atom is -0.493 e. The maximum absolute atomic E-state index is 12.9. The van der Waals surface area contributed by atoms with Crippen LogP contribution in [-0.2, 0) is 12.8 Å². The first kappa shape index (κ1) is 20.4. The summed E-state index contributed by atoms with van der Waals surface area (Å²) in [6, 6.07) is 14.2. The van der Waals surface area contributed by atoms with Crippen molar-refractivity contribution in [1.29, 1.82) is 0 Å². The molecule has 0 atom stereocenters. The van der Waals surface area contributed by atoms with Crippen LogP contribution in [0.4, 0.5) is 16.2 Å². The molecule has 0 aliphatic carbocycles. The van der Waals surface area contributed by atoms with E-state index in [0.29, 0.717) is 12.5 Å². The lowest BCUT2D eigenvalue weighted by atomic mass is 10.1. The summed E-state index contributed by atoms with van der Waals surface area (Å²) in [6.07, 6.45) is 3.30. The maximum Gasteiger partial charge on any atom is 0.224 e. The third kappa shape index (κ3) is 6.07. The van der Waals surface area contributed by atoms with Crippen molar-refractivity contribution < 1.29 is 13.9 Å². The van der Waals surface area contributed by atoms with Gasteiger partial charge < -0.3 is 20.1 Å². The van der Waals surface area contributed by atoms with Crippen LogP contribution >= 0.6 is 0 Å². The van der Waals surface area contributed by atoms with E-state index in [1.165, 1.54) is 12.1 Å². The Morgan fingerprint density at radius 3 is 2.28 bits per heavy atom. The van der Waals surface area contributed by atoms with Gasteiger partial charge in [-0.05, 0) is 54.3 Å². The van der Waals surface area contributed by atoms with Gasteiger partial charge in [0.25, 0.3) is 0 Å². The van der Waals surface area contributed by atoms with Gasteiger partial charge in [-0.3, -0.25) is 0 Å². The van der Waals surface area contributed by atoms with E-state index in [0.717, 1.165) is 47.8 Å². The Bertz CT molecular complexity index is 919. The summed E-state index contributed by atoms with van der Waals surface area (Å²) in [5.41, 5.74) is 2.20. The molecule has 0 unspecified atom stereocenters. The Kier molecular flexibility index (Phi) is 7.22. The Hall–Kier alpha value is -3.35. The molecule has 1 aromatic heterocycles. The molecule has 0 aliphatic rings. The molecule has 0 saturated heterocycles. The number of halogens is 1. The van der Waals surface area contributed by atoms with Gasteiger partial charge in [0.1, 0.15) is 11.6 Å². The molecule has 1 heterocycles. The lowest BCUT2D eigenvalue weighted by Gasteiger charge is -2.11. The lowest BCUT2D eigenvalue weighted by Crippen LogP contribution is -2.11. The average molecular weight is 396 g/mol. The van der Waals surface area contributed by atoms with Crippen LogP contribution in [0.1, 0.15) is 11.1 Å². The summed E-state index contributed by atoms with van der Waals surface area (Å²) in [4.78, 5) is 8.71. The molecule has 6 nitrogen and oxygen atoms in total. The average Bonchev–Trinajstić information content (AvgIpc) is 2.75. The van der Waals surface area contributed by atoms with Gasteiger partial charge in [0.2, 0.25) is 5.95 Å². The molecule has 0 radical (unpaired) electrons. The number of nitrogens with one attached hydrogen (secondary N) is 2. The zero-order valence-electron chi connectivity index (χ0n) is 16.6. The second-order valence-electron chi connectivity index (χ2n) is 6.43. The first-order valence-corrected chi connectivity index (χ1v) is 9.44. The maximum atomic E-state index is 12.9. The van der Waals surface area contributed by atoms with E-state index in [1.54, 1.807) is 32.5 Å². The first-order chi connectivity index (χ1) is 14.2. The molecule has 0 spiro atoms. The van der Waals surface area contributed by atoms with Gasteiger partial charge in [-0.1, -0.05) is 18.2 Å². The van der Waals surface area contributed by atoms with Crippen molar-refractivity contribution in [3.8, 4) is 11.5 Å². The van der Waals surface area contributed by atoms with Crippen LogP contribution in [0.25, 0.3) is 0 Å². The van der Waals surface area contributed by atoms with Gasteiger partial charge in [-0.2, -0.15) is 4.98 Å². The Morgan fingerprint density at radius 1 is 0.828 bits per heavy atom. The van der Waals surface area contributed by atoms with Crippen LogP contribution in [-0.4, -0.2) is 37.3 Å². The van der Waals surface area contributed by atoms with Crippen LogP contribution in [0.15, 0.2) is 54.7 Å². The molecule has 2 aromatic carbocycles. The summed E-state index contributed by atoms with van der Waals surface area (Å²) >= 11 is 0. The van der Waals surface area contributed by atoms with Gasteiger partial charge in [0.05, 0.1) is 14.2 Å². The zero-order chi connectivity index (χ0) is 20.5. The van der Waals surface area contributed by atoms with E-state index in [9.17, 15) is 4.39 Å². The fourth-order valence-electron chi connectivity index (χ4n) is 2.88. The SMILES string of the molecule is COc1ccc(CCNc2ccnc(NCCc3ccc(F)cc3)n2)cc1OC. The second-order valence-corrected chi connectivity index (χ2v) is 6.43. The molecule has 0 saturated carbocycles. The standard InChI is InChI=1S/C22H25FN4O2/c1-28-19-8-5-17(15-20(19)29-2)10-12-24-21-11-14-26-22(27-21)25-13-9-16-3-6-18(23)7-4-16/h3-8,11,14-15H,9-10,12-13H2,1-2H3,(H2,24,25,26,27). The summed E-state index contributed by atoms with van der Waals surface area (Å²) < 4.78 is 23.5. The van der Waals surface area contributed by atoms with E-state index in [4.69, 9.17) is 9.47 Å². The third-order valence-electron chi connectivity index (χ3n) is 4.43. The molecular formula is C22H25FN4O2. The topological polar surface area (TPSA) is 68.3 Å². The van der Waals surface area contributed by atoms with Gasteiger partial charge in [0, 0.05) is 19.3 Å². The number of ether oxygens (including phenoxy) is 2. The van der Waals surface area contributed by atoms with Crippen molar-refractivity contribution in [1.82, 2.24) is 9.97 Å². The van der Waals surface area contributed by atoms with E-state index in [2.05, 4.69) is 20.6 Å². The largest absolute Gasteiger partial charge is 0.493 e. The second kappa shape index (κ2) is 10.3. The minimum absolute atomic E-state index is 0.225. The fourth-order valence-corrected chi connectivity index (χ4v) is 2.88. The molecular weight excluding hydrogens is 371 g/mol. The lowest BCUT2D eigenvalue weighted by molar-refractivity contribution is 0.354. The zero-order valence-corrected chi connectivity index (χ0v) is 16.6. The van der Waals surface area contributed by atoms with E-state index in [-0.39, 0.29) is 5.82 Å². The summed E-state index contributed by atoms with van der Waals surface area (Å²) in [6.45, 7) is 1.39. The van der Waals surface area contributed by atoms with Crippen LogP contribution in [0.3, 0.4) is 0 Å². The molecule has 0 fully saturated rings. The molecule has 7 heteroatoms. The number of benzene rings is 2. The molecule has 2 N–H and O–H groups in total. The quantitative estimate of drug-likeness (QED) is 0.541. The summed E-state index contributed by atoms with van der Waals surface area (Å²) in [5, 5.41) is 6.51. The van der Waals surface area contributed by atoms with Crippen LogP contribution in [0.5, 0.6) is 11.5 Å². The third-order valence-corrected chi connectivity index (χ3v) is 4.43. The van der Waals surface area contributed by atoms with Crippen LogP contribution in [0, 0.1) is 5.82 Å². The fraction of sp³-hybridized carbons (Fsp3) is 0.273. The summed E-state index contributed by atoms with van der Waals surface area (Å²) in [5.74, 6) is 2.53. The number of nitrogens with zero attached hydrogens (tertiary/aromatic N) is 2. The van der Waals surface area contributed by atoms with E-state index < -0.39 is 0 Å². The minimum atomic E-state index is -0.225. The monoisotopic (exact) mass is 396 g/mol. The van der Waals surface area contributed by atoms with Crippen molar-refractivity contribution in [2.24, 2.45) is 0 Å². The molecule has 29 heavy (non-hydrogen) atoms. The Balaban J connectivity index is 1.47. The molecule has 3 rings (SSSR count). The Morgan fingerprint density at radius 2 is 1.52 bits per heavy atom. The summed E-state index contributed by atoms with van der Waals surface area (Å²) in [7, 11) is 3.25. The van der Waals surface area contributed by atoms with Crippen LogP contribution in [0.2, 0.25) is 0 Å². The predicted molar refractivity (Wildman–Crippen MR) is 112 cm³/mol. The highest BCUT2D eigenvalue weighted by Crippen LogP contribution is 2.27. The van der Waals surface area contributed by atoms with Gasteiger partial charge >= 0.3 is 0 Å².